The van der Waals surface area contributed by atoms with Gasteiger partial charge < -0.3 is 9.64 Å². The Labute approximate surface area is 137 Å². The molecule has 2 aliphatic heterocycles. The number of nitrogens with zero attached hydrogens (tertiary/aromatic N) is 2. The van der Waals surface area contributed by atoms with E-state index >= 15 is 0 Å². The Morgan fingerprint density at radius 2 is 1.95 bits per heavy atom. The second-order valence-electron chi connectivity index (χ2n) is 4.90. The van der Waals surface area contributed by atoms with Crippen molar-refractivity contribution in [2.45, 2.75) is 0 Å². The highest BCUT2D eigenvalue weighted by Gasteiger charge is 2.40. The van der Waals surface area contributed by atoms with E-state index < -0.39 is 0 Å². The van der Waals surface area contributed by atoms with E-state index in [9.17, 15) is 9.59 Å². The summed E-state index contributed by atoms with van der Waals surface area (Å²) >= 11 is 6.45. The Morgan fingerprint density at radius 1 is 1.23 bits per heavy atom. The summed E-state index contributed by atoms with van der Waals surface area (Å²) in [6.07, 6.45) is 0. The fourth-order valence-corrected chi connectivity index (χ4v) is 3.89. The van der Waals surface area contributed by atoms with Crippen molar-refractivity contribution in [2.24, 2.45) is 0 Å². The first-order valence-corrected chi connectivity index (χ1v) is 7.93. The number of amides is 2. The van der Waals surface area contributed by atoms with Gasteiger partial charge in [-0.2, -0.15) is 0 Å². The first-order chi connectivity index (χ1) is 10.6. The summed E-state index contributed by atoms with van der Waals surface area (Å²) in [7, 11) is 3.28. The van der Waals surface area contributed by atoms with Crippen molar-refractivity contribution in [1.82, 2.24) is 4.90 Å². The highest BCUT2D eigenvalue weighted by molar-refractivity contribution is 8.26. The van der Waals surface area contributed by atoms with Crippen LogP contribution in [-0.2, 0) is 14.3 Å². The van der Waals surface area contributed by atoms with Crippen molar-refractivity contribution in [3.8, 4) is 0 Å². The highest BCUT2D eigenvalue weighted by Crippen LogP contribution is 2.43. The maximum Gasteiger partial charge on any atom is 0.267 e. The Morgan fingerprint density at radius 3 is 2.68 bits per heavy atom. The summed E-state index contributed by atoms with van der Waals surface area (Å²) in [6.45, 7) is 0.795. The number of carbonyl (C=O) groups is 2. The molecule has 1 saturated heterocycles. The third-order valence-electron chi connectivity index (χ3n) is 3.65. The Bertz CT molecular complexity index is 714. The molecule has 1 aromatic rings. The first-order valence-electron chi connectivity index (χ1n) is 6.70. The predicted molar refractivity (Wildman–Crippen MR) is 90.6 cm³/mol. The maximum absolute atomic E-state index is 12.6. The Balaban J connectivity index is 2.06. The molecule has 0 spiro atoms. The molecule has 3 rings (SSSR count). The lowest BCUT2D eigenvalue weighted by molar-refractivity contribution is -0.122. The molecule has 114 valence electrons. The van der Waals surface area contributed by atoms with Crippen LogP contribution in [0, 0.1) is 0 Å². The number of para-hydroxylation sites is 1. The van der Waals surface area contributed by atoms with E-state index in [2.05, 4.69) is 0 Å². The van der Waals surface area contributed by atoms with Crippen LogP contribution in [0.2, 0.25) is 0 Å². The topological polar surface area (TPSA) is 49.9 Å². The fourth-order valence-electron chi connectivity index (χ4n) is 2.51. The van der Waals surface area contributed by atoms with Crippen LogP contribution in [0.5, 0.6) is 0 Å². The van der Waals surface area contributed by atoms with Crippen molar-refractivity contribution >= 4 is 51.4 Å². The number of anilines is 1. The van der Waals surface area contributed by atoms with Gasteiger partial charge in [-0.25, -0.2) is 0 Å². The summed E-state index contributed by atoms with van der Waals surface area (Å²) in [6, 6.07) is 7.45. The van der Waals surface area contributed by atoms with Crippen LogP contribution in [0.4, 0.5) is 5.69 Å². The molecule has 0 N–H and O–H groups in total. The molecular formula is C15H14N2O3S2. The van der Waals surface area contributed by atoms with Gasteiger partial charge in [-0.1, -0.05) is 42.2 Å². The van der Waals surface area contributed by atoms with E-state index in [1.165, 1.54) is 16.7 Å². The molecule has 7 heteroatoms. The van der Waals surface area contributed by atoms with Gasteiger partial charge in [-0.15, -0.1) is 0 Å². The van der Waals surface area contributed by atoms with Crippen molar-refractivity contribution < 1.29 is 14.3 Å². The van der Waals surface area contributed by atoms with Gasteiger partial charge in [0.2, 0.25) is 0 Å². The van der Waals surface area contributed by atoms with Crippen LogP contribution in [-0.4, -0.2) is 48.3 Å². The number of fused-ring (bicyclic) bond motifs is 1. The zero-order valence-electron chi connectivity index (χ0n) is 12.2. The molecule has 0 saturated carbocycles. The minimum atomic E-state index is -0.222. The summed E-state index contributed by atoms with van der Waals surface area (Å²) in [5.74, 6) is -0.394. The summed E-state index contributed by atoms with van der Waals surface area (Å²) in [4.78, 5) is 28.6. The molecule has 1 fully saturated rings. The SMILES string of the molecule is COCCN1C(=O)/C(=C2\C(=O)N(C)c3ccccc32)SC1=S. The molecule has 0 atom stereocenters. The van der Waals surface area contributed by atoms with E-state index in [-0.39, 0.29) is 11.8 Å². The number of thiocarbonyl (C=S) groups is 1. The number of ether oxygens (including phenoxy) is 1. The normalized spacial score (nSPS) is 21.1. The highest BCUT2D eigenvalue weighted by atomic mass is 32.2. The van der Waals surface area contributed by atoms with Crippen LogP contribution in [0.25, 0.3) is 5.57 Å². The largest absolute Gasteiger partial charge is 0.383 e. The predicted octanol–water partition coefficient (Wildman–Crippen LogP) is 1.88. The van der Waals surface area contributed by atoms with Gasteiger partial charge >= 0.3 is 0 Å². The summed E-state index contributed by atoms with van der Waals surface area (Å²) < 4.78 is 5.46. The Hall–Kier alpha value is -1.70. The number of hydrogen-bond donors (Lipinski definition) is 0. The van der Waals surface area contributed by atoms with Gasteiger partial charge in [0.1, 0.15) is 4.32 Å². The number of benzene rings is 1. The van der Waals surface area contributed by atoms with Crippen molar-refractivity contribution in [3.05, 3.63) is 34.7 Å². The molecule has 2 heterocycles. The molecule has 0 unspecified atom stereocenters. The monoisotopic (exact) mass is 334 g/mol. The summed E-state index contributed by atoms with van der Waals surface area (Å²) in [5.41, 5.74) is 2.03. The fraction of sp³-hybridized carbons (Fsp3) is 0.267. The zero-order valence-corrected chi connectivity index (χ0v) is 13.8. The van der Waals surface area contributed by atoms with Crippen LogP contribution < -0.4 is 4.90 Å². The minimum absolute atomic E-state index is 0.173. The van der Waals surface area contributed by atoms with Crippen LogP contribution in [0.1, 0.15) is 5.56 Å². The smallest absolute Gasteiger partial charge is 0.267 e. The second-order valence-corrected chi connectivity index (χ2v) is 6.55. The minimum Gasteiger partial charge on any atom is -0.383 e. The lowest BCUT2D eigenvalue weighted by Crippen LogP contribution is -2.31. The van der Waals surface area contributed by atoms with Gasteiger partial charge in [0.25, 0.3) is 11.8 Å². The van der Waals surface area contributed by atoms with Gasteiger partial charge in [-0.3, -0.25) is 14.5 Å². The Kier molecular flexibility index (Phi) is 4.03. The standard InChI is InChI=1S/C15H14N2O3S2/c1-16-10-6-4-3-5-9(10)11(13(16)18)12-14(19)17(7-8-20-2)15(21)22-12/h3-6H,7-8H2,1-2H3/b12-11+. The van der Waals surface area contributed by atoms with E-state index in [1.54, 1.807) is 19.1 Å². The van der Waals surface area contributed by atoms with E-state index in [0.29, 0.717) is 28.0 Å². The lowest BCUT2D eigenvalue weighted by Gasteiger charge is -2.13. The number of thioether (sulfide) groups is 1. The molecule has 0 radical (unpaired) electrons. The number of likely N-dealkylation sites (N-methyl/N-ethyl adjacent to an activating group) is 1. The van der Waals surface area contributed by atoms with Crippen LogP contribution >= 0.6 is 24.0 Å². The molecule has 1 aromatic carbocycles. The molecular weight excluding hydrogens is 320 g/mol. The molecule has 22 heavy (non-hydrogen) atoms. The number of rotatable bonds is 3. The molecule has 0 aliphatic carbocycles. The van der Waals surface area contributed by atoms with Crippen molar-refractivity contribution in [3.63, 3.8) is 0 Å². The quantitative estimate of drug-likeness (QED) is 0.624. The van der Waals surface area contributed by atoms with Gasteiger partial charge in [0.15, 0.2) is 0 Å². The summed E-state index contributed by atoms with van der Waals surface area (Å²) in [5, 5.41) is 0. The zero-order chi connectivity index (χ0) is 15.9. The van der Waals surface area contributed by atoms with E-state index in [0.717, 1.165) is 11.3 Å². The second kappa shape index (κ2) is 5.83. The van der Waals surface area contributed by atoms with Gasteiger partial charge in [0, 0.05) is 19.7 Å². The first kappa shape index (κ1) is 15.2. The number of carbonyl (C=O) groups excluding carboxylic acids is 2. The van der Waals surface area contributed by atoms with Gasteiger partial charge in [0.05, 0.1) is 29.3 Å². The third kappa shape index (κ3) is 2.25. The third-order valence-corrected chi connectivity index (χ3v) is 5.10. The van der Waals surface area contributed by atoms with E-state index in [4.69, 9.17) is 17.0 Å². The van der Waals surface area contributed by atoms with Crippen LogP contribution in [0.15, 0.2) is 29.2 Å². The lowest BCUT2D eigenvalue weighted by atomic mass is 10.1. The molecule has 2 amide bonds. The van der Waals surface area contributed by atoms with Crippen LogP contribution in [0.3, 0.4) is 0 Å². The van der Waals surface area contributed by atoms with E-state index in [1.807, 2.05) is 24.3 Å². The molecule has 0 aromatic heterocycles. The van der Waals surface area contributed by atoms with Gasteiger partial charge in [-0.05, 0) is 6.07 Å². The van der Waals surface area contributed by atoms with Crippen molar-refractivity contribution in [2.75, 3.05) is 32.2 Å². The maximum atomic E-state index is 12.6. The average Bonchev–Trinajstić information content (AvgIpc) is 2.93. The number of hydrogen-bond acceptors (Lipinski definition) is 5. The van der Waals surface area contributed by atoms with Crippen molar-refractivity contribution in [1.29, 1.82) is 0 Å². The molecule has 2 aliphatic rings. The average molecular weight is 334 g/mol. The molecule has 5 nitrogen and oxygen atoms in total. The molecule has 0 bridgehead atoms. The number of methoxy groups -OCH3 is 1.